The zero-order valence-electron chi connectivity index (χ0n) is 15.6. The molecule has 8 heteroatoms. The molecule has 8 nitrogen and oxygen atoms in total. The Morgan fingerprint density at radius 1 is 0.931 bits per heavy atom. The highest BCUT2D eigenvalue weighted by Crippen LogP contribution is 2.27. The molecule has 0 aliphatic rings. The fourth-order valence-corrected chi connectivity index (χ4v) is 3.20. The molecule has 0 aliphatic heterocycles. The van der Waals surface area contributed by atoms with Crippen molar-refractivity contribution in [2.75, 3.05) is 0 Å². The van der Waals surface area contributed by atoms with Gasteiger partial charge in [-0.2, -0.15) is 10.1 Å². The summed E-state index contributed by atoms with van der Waals surface area (Å²) in [4.78, 5) is 13.1. The van der Waals surface area contributed by atoms with Crippen molar-refractivity contribution in [3.8, 4) is 28.5 Å². The maximum atomic E-state index is 5.53. The minimum atomic E-state index is -0.177. The number of hydrogen-bond acceptors (Lipinski definition) is 6. The second kappa shape index (κ2) is 7.16. The van der Waals surface area contributed by atoms with Crippen LogP contribution in [-0.2, 0) is 0 Å². The van der Waals surface area contributed by atoms with Crippen LogP contribution in [0.3, 0.4) is 0 Å². The highest BCUT2D eigenvalue weighted by atomic mass is 16.5. The SMILES string of the molecule is CC(c1nc(-c2ccncc2)no1)n1ccnc1-c1cccc(-n2cccn2)c1. The molecular weight excluding hydrogens is 366 g/mol. The Kier molecular flexibility index (Phi) is 4.21. The number of nitrogens with zero attached hydrogens (tertiary/aromatic N) is 7. The lowest BCUT2D eigenvalue weighted by Crippen LogP contribution is -2.08. The van der Waals surface area contributed by atoms with E-state index in [0.29, 0.717) is 11.7 Å². The van der Waals surface area contributed by atoms with Crippen LogP contribution in [0.5, 0.6) is 0 Å². The normalized spacial score (nSPS) is 12.2. The Morgan fingerprint density at radius 3 is 2.66 bits per heavy atom. The molecule has 0 amide bonds. The highest BCUT2D eigenvalue weighted by molar-refractivity contribution is 5.60. The molecule has 0 fully saturated rings. The number of imidazole rings is 1. The fourth-order valence-electron chi connectivity index (χ4n) is 3.20. The van der Waals surface area contributed by atoms with Gasteiger partial charge in [-0.05, 0) is 37.3 Å². The first kappa shape index (κ1) is 17.1. The maximum Gasteiger partial charge on any atom is 0.249 e. The van der Waals surface area contributed by atoms with Gasteiger partial charge in [-0.15, -0.1) is 0 Å². The smallest absolute Gasteiger partial charge is 0.249 e. The monoisotopic (exact) mass is 383 g/mol. The molecule has 1 aromatic carbocycles. The van der Waals surface area contributed by atoms with Gasteiger partial charge in [0.05, 0.1) is 5.69 Å². The van der Waals surface area contributed by atoms with Crippen molar-refractivity contribution < 1.29 is 4.52 Å². The average Bonchev–Trinajstić information content (AvgIpc) is 3.55. The first-order valence-electron chi connectivity index (χ1n) is 9.17. The zero-order chi connectivity index (χ0) is 19.6. The number of rotatable bonds is 5. The zero-order valence-corrected chi connectivity index (χ0v) is 15.6. The summed E-state index contributed by atoms with van der Waals surface area (Å²) >= 11 is 0. The van der Waals surface area contributed by atoms with E-state index in [9.17, 15) is 0 Å². The number of hydrogen-bond donors (Lipinski definition) is 0. The van der Waals surface area contributed by atoms with Crippen molar-refractivity contribution in [2.24, 2.45) is 0 Å². The lowest BCUT2D eigenvalue weighted by molar-refractivity contribution is 0.346. The second-order valence-corrected chi connectivity index (χ2v) is 6.53. The van der Waals surface area contributed by atoms with Crippen LogP contribution in [0.15, 0.2) is 84.2 Å². The van der Waals surface area contributed by atoms with Gasteiger partial charge in [-0.25, -0.2) is 9.67 Å². The van der Waals surface area contributed by atoms with Gasteiger partial charge in [-0.1, -0.05) is 17.3 Å². The van der Waals surface area contributed by atoms with Gasteiger partial charge >= 0.3 is 0 Å². The molecule has 4 heterocycles. The largest absolute Gasteiger partial charge is 0.337 e. The summed E-state index contributed by atoms with van der Waals surface area (Å²) in [7, 11) is 0. The molecule has 0 aliphatic carbocycles. The molecule has 29 heavy (non-hydrogen) atoms. The summed E-state index contributed by atoms with van der Waals surface area (Å²) in [6.07, 6.45) is 10.8. The summed E-state index contributed by atoms with van der Waals surface area (Å²) in [6, 6.07) is 13.5. The summed E-state index contributed by atoms with van der Waals surface area (Å²) in [5, 5.41) is 8.41. The van der Waals surface area contributed by atoms with Crippen LogP contribution >= 0.6 is 0 Å². The molecule has 0 bridgehead atoms. The molecule has 5 rings (SSSR count). The lowest BCUT2D eigenvalue weighted by atomic mass is 10.1. The van der Waals surface area contributed by atoms with Gasteiger partial charge in [-0.3, -0.25) is 4.98 Å². The third-order valence-corrected chi connectivity index (χ3v) is 4.70. The molecule has 0 spiro atoms. The van der Waals surface area contributed by atoms with Crippen molar-refractivity contribution >= 4 is 0 Å². The van der Waals surface area contributed by atoms with Gasteiger partial charge < -0.3 is 9.09 Å². The molecular formula is C21H17N7O. The van der Waals surface area contributed by atoms with Crippen molar-refractivity contribution in [2.45, 2.75) is 13.0 Å². The molecule has 4 aromatic heterocycles. The Labute approximate surface area is 166 Å². The van der Waals surface area contributed by atoms with Crippen molar-refractivity contribution in [1.82, 2.24) is 34.5 Å². The van der Waals surface area contributed by atoms with Crippen LogP contribution < -0.4 is 0 Å². The standard InChI is InChI=1S/C21H17N7O/c1-15(21-25-19(26-29-21)16-6-9-22-10-7-16)27-13-11-23-20(27)17-4-2-5-18(14-17)28-12-3-8-24-28/h2-15H,1H3. The van der Waals surface area contributed by atoms with Crippen LogP contribution in [-0.4, -0.2) is 34.5 Å². The summed E-state index contributed by atoms with van der Waals surface area (Å²) in [5.41, 5.74) is 2.80. The summed E-state index contributed by atoms with van der Waals surface area (Å²) < 4.78 is 9.37. The van der Waals surface area contributed by atoms with Crippen molar-refractivity contribution in [3.05, 3.63) is 85.5 Å². The average molecular weight is 383 g/mol. The van der Waals surface area contributed by atoms with Crippen molar-refractivity contribution in [3.63, 3.8) is 0 Å². The van der Waals surface area contributed by atoms with Crippen LogP contribution in [0.4, 0.5) is 0 Å². The number of pyridine rings is 1. The Hall–Kier alpha value is -4.07. The van der Waals surface area contributed by atoms with Gasteiger partial charge in [0, 0.05) is 48.3 Å². The first-order chi connectivity index (χ1) is 14.3. The van der Waals surface area contributed by atoms with Gasteiger partial charge in [0.15, 0.2) is 0 Å². The minimum Gasteiger partial charge on any atom is -0.337 e. The van der Waals surface area contributed by atoms with Crippen LogP contribution in [0, 0.1) is 0 Å². The predicted molar refractivity (Wildman–Crippen MR) is 106 cm³/mol. The predicted octanol–water partition coefficient (Wildman–Crippen LogP) is 3.79. The van der Waals surface area contributed by atoms with Crippen molar-refractivity contribution in [1.29, 1.82) is 0 Å². The second-order valence-electron chi connectivity index (χ2n) is 6.53. The van der Waals surface area contributed by atoms with E-state index in [2.05, 4.69) is 31.3 Å². The van der Waals surface area contributed by atoms with E-state index in [4.69, 9.17) is 4.52 Å². The summed E-state index contributed by atoms with van der Waals surface area (Å²) in [6.45, 7) is 2.01. The van der Waals surface area contributed by atoms with Crippen LogP contribution in [0.1, 0.15) is 18.9 Å². The summed E-state index contributed by atoms with van der Waals surface area (Å²) in [5.74, 6) is 1.87. The van der Waals surface area contributed by atoms with Gasteiger partial charge in [0.2, 0.25) is 11.7 Å². The topological polar surface area (TPSA) is 87.5 Å². The van der Waals surface area contributed by atoms with E-state index in [-0.39, 0.29) is 6.04 Å². The number of aromatic nitrogens is 7. The van der Waals surface area contributed by atoms with Gasteiger partial charge in [0.25, 0.3) is 0 Å². The Balaban J connectivity index is 1.48. The third-order valence-electron chi connectivity index (χ3n) is 4.70. The molecule has 5 aromatic rings. The Morgan fingerprint density at radius 2 is 1.83 bits per heavy atom. The van der Waals surface area contributed by atoms with E-state index < -0.39 is 0 Å². The van der Waals surface area contributed by atoms with E-state index in [0.717, 1.165) is 22.6 Å². The molecule has 1 atom stereocenters. The van der Waals surface area contributed by atoms with Crippen LogP contribution in [0.25, 0.3) is 28.5 Å². The Bertz CT molecular complexity index is 1220. The molecule has 0 radical (unpaired) electrons. The minimum absolute atomic E-state index is 0.177. The highest BCUT2D eigenvalue weighted by Gasteiger charge is 2.20. The molecule has 0 N–H and O–H groups in total. The van der Waals surface area contributed by atoms with Crippen LogP contribution in [0.2, 0.25) is 0 Å². The quantitative estimate of drug-likeness (QED) is 0.459. The van der Waals surface area contributed by atoms with E-state index in [1.165, 1.54) is 0 Å². The van der Waals surface area contributed by atoms with Gasteiger partial charge in [0.1, 0.15) is 11.9 Å². The third kappa shape index (κ3) is 3.20. The molecule has 142 valence electrons. The molecule has 1 unspecified atom stereocenters. The van der Waals surface area contributed by atoms with E-state index in [1.54, 1.807) is 24.8 Å². The number of benzene rings is 1. The first-order valence-corrected chi connectivity index (χ1v) is 9.17. The molecule has 0 saturated heterocycles. The maximum absolute atomic E-state index is 5.53. The van der Waals surface area contributed by atoms with E-state index in [1.807, 2.05) is 65.0 Å². The molecule has 0 saturated carbocycles. The lowest BCUT2D eigenvalue weighted by Gasteiger charge is -2.13. The van der Waals surface area contributed by atoms with E-state index >= 15 is 0 Å². The fraction of sp³-hybridized carbons (Fsp3) is 0.0952.